The minimum absolute atomic E-state index is 0.580. The molecule has 23 heavy (non-hydrogen) atoms. The lowest BCUT2D eigenvalue weighted by atomic mass is 9.95. The first kappa shape index (κ1) is 14.5. The van der Waals surface area contributed by atoms with E-state index in [4.69, 9.17) is 0 Å². The summed E-state index contributed by atoms with van der Waals surface area (Å²) in [6.45, 7) is 5.72. The monoisotopic (exact) mass is 306 g/mol. The summed E-state index contributed by atoms with van der Waals surface area (Å²) >= 11 is 0. The quantitative estimate of drug-likeness (QED) is 0.811. The van der Waals surface area contributed by atoms with Gasteiger partial charge in [-0.15, -0.1) is 0 Å². The number of hydrogen-bond donors (Lipinski definition) is 0. The lowest BCUT2D eigenvalue weighted by molar-refractivity contribution is 0.0864. The molecule has 1 aromatic carbocycles. The van der Waals surface area contributed by atoms with Crippen molar-refractivity contribution in [1.29, 1.82) is 5.26 Å². The van der Waals surface area contributed by atoms with E-state index in [1.54, 1.807) is 6.20 Å². The molecule has 0 N–H and O–H groups in total. The first-order valence-electron chi connectivity index (χ1n) is 8.56. The number of anilines is 1. The molecule has 0 aliphatic carbocycles. The van der Waals surface area contributed by atoms with Crippen molar-refractivity contribution in [3.05, 3.63) is 36.0 Å². The Morgan fingerprint density at radius 1 is 1.22 bits per heavy atom. The smallest absolute Gasteiger partial charge is 0.101 e. The maximum absolute atomic E-state index is 9.32. The van der Waals surface area contributed by atoms with Crippen LogP contribution in [0.15, 0.2) is 30.5 Å². The summed E-state index contributed by atoms with van der Waals surface area (Å²) in [6.07, 6.45) is 5.75. The molecule has 0 bridgehead atoms. The second-order valence-corrected chi connectivity index (χ2v) is 6.79. The van der Waals surface area contributed by atoms with Gasteiger partial charge in [-0.3, -0.25) is 9.88 Å². The molecule has 118 valence electrons. The highest BCUT2D eigenvalue weighted by Gasteiger charge is 2.34. The van der Waals surface area contributed by atoms with Crippen molar-refractivity contribution in [3.8, 4) is 6.07 Å². The zero-order chi connectivity index (χ0) is 15.8. The van der Waals surface area contributed by atoms with Crippen LogP contribution in [-0.4, -0.2) is 41.6 Å². The fourth-order valence-electron chi connectivity index (χ4n) is 4.27. The number of piperazine rings is 1. The number of nitrogens with zero attached hydrogens (tertiary/aromatic N) is 4. The first-order chi connectivity index (χ1) is 11.3. The third-order valence-corrected chi connectivity index (χ3v) is 5.36. The maximum Gasteiger partial charge on any atom is 0.101 e. The van der Waals surface area contributed by atoms with E-state index in [0.717, 1.165) is 24.0 Å². The Balaban J connectivity index is 1.74. The second-order valence-electron chi connectivity index (χ2n) is 6.79. The van der Waals surface area contributed by atoms with E-state index in [9.17, 15) is 5.26 Å². The van der Waals surface area contributed by atoms with Crippen LogP contribution in [-0.2, 0) is 0 Å². The van der Waals surface area contributed by atoms with Crippen LogP contribution in [0.5, 0.6) is 0 Å². The largest absolute Gasteiger partial charge is 0.368 e. The van der Waals surface area contributed by atoms with Crippen molar-refractivity contribution in [2.24, 2.45) is 0 Å². The van der Waals surface area contributed by atoms with Crippen molar-refractivity contribution >= 4 is 16.6 Å². The molecule has 4 heteroatoms. The molecule has 4 rings (SSSR count). The summed E-state index contributed by atoms with van der Waals surface area (Å²) in [4.78, 5) is 9.64. The highest BCUT2D eigenvalue weighted by Crippen LogP contribution is 2.33. The van der Waals surface area contributed by atoms with E-state index in [1.165, 1.54) is 31.5 Å². The van der Waals surface area contributed by atoms with Gasteiger partial charge in [0.1, 0.15) is 6.07 Å². The summed E-state index contributed by atoms with van der Waals surface area (Å²) in [5.74, 6) is 0. The Hall–Kier alpha value is -2.12. The molecular formula is C19H22N4. The molecule has 2 aliphatic heterocycles. The normalized spacial score (nSPS) is 25.1. The van der Waals surface area contributed by atoms with Gasteiger partial charge in [-0.25, -0.2) is 0 Å². The molecular weight excluding hydrogens is 284 g/mol. The SMILES string of the molecule is CC1CN(c2ccc(C#N)c3ncccc23)CC2CCCCN12. The summed E-state index contributed by atoms with van der Waals surface area (Å²) in [7, 11) is 0. The van der Waals surface area contributed by atoms with Crippen LogP contribution in [0.2, 0.25) is 0 Å². The fourth-order valence-corrected chi connectivity index (χ4v) is 4.27. The minimum Gasteiger partial charge on any atom is -0.368 e. The average Bonchev–Trinajstić information content (AvgIpc) is 2.60. The number of nitriles is 1. The molecule has 2 fully saturated rings. The number of piperidine rings is 1. The number of fused-ring (bicyclic) bond motifs is 2. The standard InChI is InChI=1S/C19H22N4/c1-14-12-22(13-16-5-2-3-10-23(14)16)18-8-7-15(11-20)19-17(18)6-4-9-21-19/h4,6-9,14,16H,2-3,5,10,12-13H2,1H3. The molecule has 0 saturated carbocycles. The second kappa shape index (κ2) is 5.82. The molecule has 0 spiro atoms. The van der Waals surface area contributed by atoms with Crippen molar-refractivity contribution in [2.75, 3.05) is 24.5 Å². The molecule has 2 unspecified atom stereocenters. The molecule has 0 radical (unpaired) electrons. The Bertz CT molecular complexity index is 764. The van der Waals surface area contributed by atoms with Gasteiger partial charge in [0, 0.05) is 42.4 Å². The predicted molar refractivity (Wildman–Crippen MR) is 92.5 cm³/mol. The highest BCUT2D eigenvalue weighted by atomic mass is 15.3. The van der Waals surface area contributed by atoms with Crippen LogP contribution in [0.1, 0.15) is 31.7 Å². The average molecular weight is 306 g/mol. The van der Waals surface area contributed by atoms with Gasteiger partial charge in [0.05, 0.1) is 11.1 Å². The van der Waals surface area contributed by atoms with E-state index in [-0.39, 0.29) is 0 Å². The minimum atomic E-state index is 0.580. The lowest BCUT2D eigenvalue weighted by Crippen LogP contribution is -2.59. The maximum atomic E-state index is 9.32. The summed E-state index contributed by atoms with van der Waals surface area (Å²) < 4.78 is 0. The van der Waals surface area contributed by atoms with E-state index in [2.05, 4.69) is 39.9 Å². The van der Waals surface area contributed by atoms with Gasteiger partial charge in [0.2, 0.25) is 0 Å². The van der Waals surface area contributed by atoms with Crippen LogP contribution < -0.4 is 4.90 Å². The molecule has 2 atom stereocenters. The number of rotatable bonds is 1. The van der Waals surface area contributed by atoms with Crippen molar-refractivity contribution in [1.82, 2.24) is 9.88 Å². The first-order valence-corrected chi connectivity index (χ1v) is 8.56. The number of aromatic nitrogens is 1. The van der Waals surface area contributed by atoms with Gasteiger partial charge in [-0.05, 0) is 50.6 Å². The van der Waals surface area contributed by atoms with Gasteiger partial charge in [0.25, 0.3) is 0 Å². The van der Waals surface area contributed by atoms with Gasteiger partial charge >= 0.3 is 0 Å². The van der Waals surface area contributed by atoms with Crippen molar-refractivity contribution in [3.63, 3.8) is 0 Å². The molecule has 2 aromatic rings. The molecule has 2 saturated heterocycles. The molecule has 2 aliphatic rings. The van der Waals surface area contributed by atoms with Gasteiger partial charge in [0.15, 0.2) is 0 Å². The van der Waals surface area contributed by atoms with E-state index in [1.807, 2.05) is 12.1 Å². The van der Waals surface area contributed by atoms with Crippen LogP contribution in [0.4, 0.5) is 5.69 Å². The fraction of sp³-hybridized carbons (Fsp3) is 0.474. The number of pyridine rings is 1. The van der Waals surface area contributed by atoms with Crippen LogP contribution >= 0.6 is 0 Å². The zero-order valence-electron chi connectivity index (χ0n) is 13.6. The van der Waals surface area contributed by atoms with E-state index in [0.29, 0.717) is 17.6 Å². The predicted octanol–water partition coefficient (Wildman–Crippen LogP) is 3.17. The Morgan fingerprint density at radius 2 is 2.13 bits per heavy atom. The third kappa shape index (κ3) is 2.46. The Kier molecular flexibility index (Phi) is 3.66. The van der Waals surface area contributed by atoms with Gasteiger partial charge in [-0.1, -0.05) is 6.42 Å². The van der Waals surface area contributed by atoms with Crippen LogP contribution in [0.25, 0.3) is 10.9 Å². The summed E-state index contributed by atoms with van der Waals surface area (Å²) in [5, 5.41) is 10.4. The molecule has 0 amide bonds. The molecule has 4 nitrogen and oxygen atoms in total. The van der Waals surface area contributed by atoms with Crippen LogP contribution in [0, 0.1) is 11.3 Å². The van der Waals surface area contributed by atoms with Crippen molar-refractivity contribution in [2.45, 2.75) is 38.3 Å². The van der Waals surface area contributed by atoms with Crippen molar-refractivity contribution < 1.29 is 0 Å². The summed E-state index contributed by atoms with van der Waals surface area (Å²) in [5.41, 5.74) is 2.71. The molecule has 1 aromatic heterocycles. The summed E-state index contributed by atoms with van der Waals surface area (Å²) in [6, 6.07) is 11.6. The third-order valence-electron chi connectivity index (χ3n) is 5.36. The highest BCUT2D eigenvalue weighted by molar-refractivity contribution is 5.95. The topological polar surface area (TPSA) is 43.2 Å². The number of benzene rings is 1. The molecule has 3 heterocycles. The van der Waals surface area contributed by atoms with Gasteiger partial charge in [-0.2, -0.15) is 5.26 Å². The Labute approximate surface area is 137 Å². The van der Waals surface area contributed by atoms with Gasteiger partial charge < -0.3 is 4.90 Å². The zero-order valence-corrected chi connectivity index (χ0v) is 13.6. The van der Waals surface area contributed by atoms with E-state index >= 15 is 0 Å². The number of hydrogen-bond acceptors (Lipinski definition) is 4. The Morgan fingerprint density at radius 3 is 3.00 bits per heavy atom. The lowest BCUT2D eigenvalue weighted by Gasteiger charge is -2.49. The van der Waals surface area contributed by atoms with Crippen LogP contribution in [0.3, 0.4) is 0 Å². The van der Waals surface area contributed by atoms with E-state index < -0.39 is 0 Å².